The van der Waals surface area contributed by atoms with E-state index in [0.29, 0.717) is 0 Å². The number of nitrogens with zero attached hydrogens (tertiary/aromatic N) is 3. The number of carbonyl (C=O) groups is 1. The number of ether oxygens (including phenoxy) is 1. The monoisotopic (exact) mass is 281 g/mol. The van der Waals surface area contributed by atoms with Gasteiger partial charge in [0.2, 0.25) is 0 Å². The number of azide groups is 1. The minimum absolute atomic E-state index is 0.432. The number of hydrogen-bond donors (Lipinski definition) is 0. The normalized spacial score (nSPS) is 13.0. The van der Waals surface area contributed by atoms with E-state index >= 15 is 0 Å². The van der Waals surface area contributed by atoms with E-state index in [1.807, 2.05) is 42.5 Å². The number of fused-ring (bicyclic) bond motifs is 1. The molecule has 0 aliphatic heterocycles. The predicted molar refractivity (Wildman–Crippen MR) is 81.8 cm³/mol. The van der Waals surface area contributed by atoms with Crippen LogP contribution in [-0.4, -0.2) is 19.1 Å². The Morgan fingerprint density at radius 3 is 2.67 bits per heavy atom. The topological polar surface area (TPSA) is 75.1 Å². The van der Waals surface area contributed by atoms with Gasteiger partial charge in [-0.1, -0.05) is 53.7 Å². The van der Waals surface area contributed by atoms with Crippen molar-refractivity contribution in [3.8, 4) is 0 Å². The van der Waals surface area contributed by atoms with Crippen molar-refractivity contribution in [1.82, 2.24) is 0 Å². The molecule has 0 aliphatic rings. The molecule has 0 N–H and O–H groups in total. The summed E-state index contributed by atoms with van der Waals surface area (Å²) in [6.45, 7) is 3.75. The molecule has 5 nitrogen and oxygen atoms in total. The number of esters is 1. The smallest absolute Gasteiger partial charge is 0.315 e. The zero-order chi connectivity index (χ0) is 15.2. The minimum atomic E-state index is -0.960. The summed E-state index contributed by atoms with van der Waals surface area (Å²) >= 11 is 0. The fourth-order valence-electron chi connectivity index (χ4n) is 2.30. The van der Waals surface area contributed by atoms with Crippen LogP contribution in [0.25, 0.3) is 21.2 Å². The first-order chi connectivity index (χ1) is 10.2. The van der Waals surface area contributed by atoms with Crippen molar-refractivity contribution in [1.29, 1.82) is 0 Å². The fraction of sp³-hybridized carbons (Fsp3) is 0.188. The summed E-state index contributed by atoms with van der Waals surface area (Å²) < 4.78 is 4.71. The Hall–Kier alpha value is -2.78. The van der Waals surface area contributed by atoms with Crippen LogP contribution in [-0.2, 0) is 9.53 Å². The molecule has 0 fully saturated rings. The van der Waals surface area contributed by atoms with E-state index in [0.717, 1.165) is 16.3 Å². The molecule has 2 aromatic carbocycles. The molecule has 21 heavy (non-hydrogen) atoms. The molecule has 0 saturated heterocycles. The van der Waals surface area contributed by atoms with Gasteiger partial charge in [-0.3, -0.25) is 4.79 Å². The Morgan fingerprint density at radius 2 is 2.05 bits per heavy atom. The van der Waals surface area contributed by atoms with Crippen LogP contribution in [0.2, 0.25) is 0 Å². The Kier molecular flexibility index (Phi) is 4.59. The third kappa shape index (κ3) is 3.04. The number of carbonyl (C=O) groups excluding carboxylic acids is 1. The lowest BCUT2D eigenvalue weighted by atomic mass is 9.90. The van der Waals surface area contributed by atoms with Crippen molar-refractivity contribution in [3.63, 3.8) is 0 Å². The highest BCUT2D eigenvalue weighted by Gasteiger charge is 2.27. The van der Waals surface area contributed by atoms with Crippen molar-refractivity contribution in [2.24, 2.45) is 5.11 Å². The number of hydrogen-bond acceptors (Lipinski definition) is 3. The van der Waals surface area contributed by atoms with Crippen LogP contribution in [0.1, 0.15) is 11.5 Å². The van der Waals surface area contributed by atoms with Gasteiger partial charge in [0, 0.05) is 10.8 Å². The molecule has 0 aliphatic carbocycles. The van der Waals surface area contributed by atoms with Gasteiger partial charge in [0.1, 0.15) is 6.04 Å². The van der Waals surface area contributed by atoms with Crippen molar-refractivity contribution in [2.45, 2.75) is 12.0 Å². The quantitative estimate of drug-likeness (QED) is 0.273. The van der Waals surface area contributed by atoms with Crippen LogP contribution in [0, 0.1) is 0 Å². The minimum Gasteiger partial charge on any atom is -0.469 e. The van der Waals surface area contributed by atoms with Gasteiger partial charge in [0.05, 0.1) is 7.11 Å². The molecule has 5 heteroatoms. The molecule has 0 aromatic heterocycles. The molecule has 0 radical (unpaired) electrons. The highest BCUT2D eigenvalue weighted by molar-refractivity contribution is 5.84. The molecule has 0 spiro atoms. The summed E-state index contributed by atoms with van der Waals surface area (Å²) in [7, 11) is 1.27. The fourth-order valence-corrected chi connectivity index (χ4v) is 2.30. The van der Waals surface area contributed by atoms with E-state index in [-0.39, 0.29) is 0 Å². The Bertz CT molecular complexity index is 720. The molecule has 0 unspecified atom stereocenters. The molecule has 2 rings (SSSR count). The standard InChI is InChI=1S/C16H15N3O2/c1-3-14(15(18-19-17)16(20)21-2)13-9-8-11-6-4-5-7-12(11)10-13/h3-10,14-15H,1H2,2H3/t14-,15+/m1/s1. The van der Waals surface area contributed by atoms with Gasteiger partial charge < -0.3 is 4.74 Å². The van der Waals surface area contributed by atoms with Crippen molar-refractivity contribution < 1.29 is 9.53 Å². The van der Waals surface area contributed by atoms with Crippen LogP contribution >= 0.6 is 0 Å². The average molecular weight is 281 g/mol. The molecule has 0 heterocycles. The first-order valence-electron chi connectivity index (χ1n) is 6.44. The van der Waals surface area contributed by atoms with E-state index < -0.39 is 17.9 Å². The van der Waals surface area contributed by atoms with E-state index in [9.17, 15) is 4.79 Å². The first kappa shape index (κ1) is 14.6. The van der Waals surface area contributed by atoms with E-state index in [1.165, 1.54) is 7.11 Å². The Labute approximate surface area is 122 Å². The van der Waals surface area contributed by atoms with E-state index in [2.05, 4.69) is 16.6 Å². The number of rotatable bonds is 5. The van der Waals surface area contributed by atoms with Gasteiger partial charge in [-0.2, -0.15) is 0 Å². The second-order valence-corrected chi connectivity index (χ2v) is 4.54. The summed E-state index contributed by atoms with van der Waals surface area (Å²) in [5.41, 5.74) is 9.51. The van der Waals surface area contributed by atoms with Crippen LogP contribution in [0.15, 0.2) is 60.2 Å². The lowest BCUT2D eigenvalue weighted by Crippen LogP contribution is -2.26. The summed E-state index contributed by atoms with van der Waals surface area (Å²) in [4.78, 5) is 14.5. The summed E-state index contributed by atoms with van der Waals surface area (Å²) in [5.74, 6) is -1.01. The second kappa shape index (κ2) is 6.59. The second-order valence-electron chi connectivity index (χ2n) is 4.54. The van der Waals surface area contributed by atoms with Crippen LogP contribution in [0.4, 0.5) is 0 Å². The maximum Gasteiger partial charge on any atom is 0.315 e. The average Bonchev–Trinajstić information content (AvgIpc) is 2.54. The van der Waals surface area contributed by atoms with Crippen LogP contribution in [0.3, 0.4) is 0 Å². The van der Waals surface area contributed by atoms with Crippen molar-refractivity contribution >= 4 is 16.7 Å². The van der Waals surface area contributed by atoms with Gasteiger partial charge in [-0.05, 0) is 21.9 Å². The zero-order valence-corrected chi connectivity index (χ0v) is 11.6. The van der Waals surface area contributed by atoms with Gasteiger partial charge in [-0.15, -0.1) is 6.58 Å². The largest absolute Gasteiger partial charge is 0.469 e. The SMILES string of the molecule is C=C[C@H](c1ccc2ccccc2c1)[C@H](N=[N+]=[N-])C(=O)OC. The van der Waals surface area contributed by atoms with Gasteiger partial charge in [0.25, 0.3) is 0 Å². The molecule has 0 saturated carbocycles. The summed E-state index contributed by atoms with van der Waals surface area (Å²) in [6, 6.07) is 12.8. The zero-order valence-electron chi connectivity index (χ0n) is 11.6. The maximum absolute atomic E-state index is 11.8. The molecular weight excluding hydrogens is 266 g/mol. The lowest BCUT2D eigenvalue weighted by molar-refractivity contribution is -0.142. The highest BCUT2D eigenvalue weighted by Crippen LogP contribution is 2.27. The number of benzene rings is 2. The first-order valence-corrected chi connectivity index (χ1v) is 6.44. The molecule has 0 bridgehead atoms. The Balaban J connectivity index is 2.48. The third-order valence-corrected chi connectivity index (χ3v) is 3.37. The number of methoxy groups -OCH3 is 1. The van der Waals surface area contributed by atoms with Gasteiger partial charge in [-0.25, -0.2) is 0 Å². The maximum atomic E-state index is 11.8. The highest BCUT2D eigenvalue weighted by atomic mass is 16.5. The molecule has 0 amide bonds. The molecule has 2 aromatic rings. The molecule has 106 valence electrons. The lowest BCUT2D eigenvalue weighted by Gasteiger charge is -2.19. The van der Waals surface area contributed by atoms with Crippen molar-refractivity contribution in [2.75, 3.05) is 7.11 Å². The van der Waals surface area contributed by atoms with Gasteiger partial charge in [0.15, 0.2) is 0 Å². The van der Waals surface area contributed by atoms with E-state index in [1.54, 1.807) is 6.08 Å². The van der Waals surface area contributed by atoms with Crippen LogP contribution < -0.4 is 0 Å². The molecule has 2 atom stereocenters. The predicted octanol–water partition coefficient (Wildman–Crippen LogP) is 3.96. The van der Waals surface area contributed by atoms with Gasteiger partial charge >= 0.3 is 5.97 Å². The van der Waals surface area contributed by atoms with Crippen molar-refractivity contribution in [3.05, 3.63) is 71.1 Å². The Morgan fingerprint density at radius 1 is 1.33 bits per heavy atom. The van der Waals surface area contributed by atoms with Crippen LogP contribution in [0.5, 0.6) is 0 Å². The van der Waals surface area contributed by atoms with E-state index in [4.69, 9.17) is 10.3 Å². The molecular formula is C16H15N3O2. The summed E-state index contributed by atoms with van der Waals surface area (Å²) in [6.07, 6.45) is 1.60. The third-order valence-electron chi connectivity index (χ3n) is 3.37. The summed E-state index contributed by atoms with van der Waals surface area (Å²) in [5, 5.41) is 5.70.